The standard InChI is InChI=1S/C16H28N4O/c1-13(2)12-21-16-14(17)6-7-15(19-16)18-8-11-20-9-4-3-5-10-20/h6-7,13H,3-5,8-12,17H2,1-2H3,(H,18,19). The Morgan fingerprint density at radius 3 is 2.76 bits per heavy atom. The van der Waals surface area contributed by atoms with Crippen LogP contribution in [0.25, 0.3) is 0 Å². The van der Waals surface area contributed by atoms with Crippen LogP contribution >= 0.6 is 0 Å². The summed E-state index contributed by atoms with van der Waals surface area (Å²) in [5.41, 5.74) is 6.49. The Hall–Kier alpha value is -1.49. The highest BCUT2D eigenvalue weighted by Gasteiger charge is 2.10. The van der Waals surface area contributed by atoms with E-state index in [1.807, 2.05) is 12.1 Å². The summed E-state index contributed by atoms with van der Waals surface area (Å²) in [6.07, 6.45) is 4.03. The van der Waals surface area contributed by atoms with Crippen LogP contribution in [0, 0.1) is 5.92 Å². The molecule has 1 aromatic heterocycles. The van der Waals surface area contributed by atoms with Gasteiger partial charge in [0.15, 0.2) is 0 Å². The van der Waals surface area contributed by atoms with Gasteiger partial charge in [0, 0.05) is 13.1 Å². The molecule has 1 aromatic rings. The summed E-state index contributed by atoms with van der Waals surface area (Å²) in [6.45, 7) is 9.26. The topological polar surface area (TPSA) is 63.4 Å². The lowest BCUT2D eigenvalue weighted by molar-refractivity contribution is 0.237. The normalized spacial score (nSPS) is 16.1. The fourth-order valence-corrected chi connectivity index (χ4v) is 2.44. The van der Waals surface area contributed by atoms with Crippen molar-refractivity contribution in [2.24, 2.45) is 5.92 Å². The van der Waals surface area contributed by atoms with Crippen LogP contribution in [-0.2, 0) is 0 Å². The van der Waals surface area contributed by atoms with Gasteiger partial charge in [-0.1, -0.05) is 20.3 Å². The number of rotatable bonds is 7. The van der Waals surface area contributed by atoms with Crippen LogP contribution < -0.4 is 15.8 Å². The van der Waals surface area contributed by atoms with Gasteiger partial charge >= 0.3 is 0 Å². The summed E-state index contributed by atoms with van der Waals surface area (Å²) in [6, 6.07) is 3.76. The molecule has 5 heteroatoms. The highest BCUT2D eigenvalue weighted by molar-refractivity contribution is 5.53. The molecule has 0 bridgehead atoms. The monoisotopic (exact) mass is 292 g/mol. The van der Waals surface area contributed by atoms with Crippen molar-refractivity contribution < 1.29 is 4.74 Å². The van der Waals surface area contributed by atoms with Gasteiger partial charge < -0.3 is 20.7 Å². The van der Waals surface area contributed by atoms with E-state index in [4.69, 9.17) is 10.5 Å². The second kappa shape index (κ2) is 8.08. The Labute approximate surface area is 127 Å². The minimum atomic E-state index is 0.460. The van der Waals surface area contributed by atoms with Gasteiger partial charge in [0.25, 0.3) is 0 Å². The van der Waals surface area contributed by atoms with E-state index in [2.05, 4.69) is 29.0 Å². The molecule has 21 heavy (non-hydrogen) atoms. The summed E-state index contributed by atoms with van der Waals surface area (Å²) in [5.74, 6) is 1.83. The lowest BCUT2D eigenvalue weighted by atomic mass is 10.1. The van der Waals surface area contributed by atoms with Crippen molar-refractivity contribution in [3.63, 3.8) is 0 Å². The third kappa shape index (κ3) is 5.42. The molecule has 5 nitrogen and oxygen atoms in total. The van der Waals surface area contributed by atoms with Crippen LogP contribution in [0.4, 0.5) is 11.5 Å². The largest absolute Gasteiger partial charge is 0.476 e. The first-order chi connectivity index (χ1) is 10.1. The minimum Gasteiger partial charge on any atom is -0.476 e. The Morgan fingerprint density at radius 1 is 1.29 bits per heavy atom. The Bertz CT molecular complexity index is 430. The molecule has 1 aliphatic heterocycles. The summed E-state index contributed by atoms with van der Waals surface area (Å²) in [4.78, 5) is 6.95. The molecule has 118 valence electrons. The zero-order valence-electron chi connectivity index (χ0n) is 13.3. The first-order valence-corrected chi connectivity index (χ1v) is 8.00. The first-order valence-electron chi connectivity index (χ1n) is 8.00. The number of nitrogens with zero attached hydrogens (tertiary/aromatic N) is 2. The Kier molecular flexibility index (Phi) is 6.11. The van der Waals surface area contributed by atoms with E-state index in [9.17, 15) is 0 Å². The van der Waals surface area contributed by atoms with Gasteiger partial charge in [0.2, 0.25) is 5.88 Å². The molecule has 1 aliphatic rings. The van der Waals surface area contributed by atoms with E-state index in [1.165, 1.54) is 32.4 Å². The number of hydrogen-bond acceptors (Lipinski definition) is 5. The van der Waals surface area contributed by atoms with Crippen molar-refractivity contribution in [1.82, 2.24) is 9.88 Å². The lowest BCUT2D eigenvalue weighted by Gasteiger charge is -2.26. The van der Waals surface area contributed by atoms with Crippen molar-refractivity contribution in [1.29, 1.82) is 0 Å². The second-order valence-corrected chi connectivity index (χ2v) is 6.12. The minimum absolute atomic E-state index is 0.460. The number of nitrogens with two attached hydrogens (primary N) is 1. The number of nitrogens with one attached hydrogen (secondary N) is 1. The van der Waals surface area contributed by atoms with Gasteiger partial charge in [0.05, 0.1) is 12.3 Å². The fourth-order valence-electron chi connectivity index (χ4n) is 2.44. The molecule has 1 fully saturated rings. The van der Waals surface area contributed by atoms with E-state index < -0.39 is 0 Å². The molecule has 0 saturated carbocycles. The van der Waals surface area contributed by atoms with Gasteiger partial charge in [-0.15, -0.1) is 0 Å². The third-order valence-electron chi connectivity index (χ3n) is 3.63. The molecule has 0 aliphatic carbocycles. The number of pyridine rings is 1. The van der Waals surface area contributed by atoms with Crippen LogP contribution in [0.15, 0.2) is 12.1 Å². The van der Waals surface area contributed by atoms with Gasteiger partial charge in [0.1, 0.15) is 5.82 Å². The fraction of sp³-hybridized carbons (Fsp3) is 0.688. The number of anilines is 2. The number of nitrogen functional groups attached to an aromatic ring is 1. The predicted molar refractivity (Wildman–Crippen MR) is 87.8 cm³/mol. The van der Waals surface area contributed by atoms with Crippen molar-refractivity contribution in [2.75, 3.05) is 43.8 Å². The van der Waals surface area contributed by atoms with E-state index >= 15 is 0 Å². The predicted octanol–water partition coefficient (Wildman–Crippen LogP) is 2.60. The third-order valence-corrected chi connectivity index (χ3v) is 3.63. The maximum atomic E-state index is 5.90. The number of aromatic nitrogens is 1. The van der Waals surface area contributed by atoms with Gasteiger partial charge in [-0.2, -0.15) is 4.98 Å². The Balaban J connectivity index is 1.80. The summed E-state index contributed by atoms with van der Waals surface area (Å²) >= 11 is 0. The summed E-state index contributed by atoms with van der Waals surface area (Å²) in [5, 5.41) is 3.36. The zero-order chi connectivity index (χ0) is 15.1. The lowest BCUT2D eigenvalue weighted by Crippen LogP contribution is -2.33. The van der Waals surface area contributed by atoms with Crippen LogP contribution in [0.2, 0.25) is 0 Å². The SMILES string of the molecule is CC(C)COc1nc(NCCN2CCCCC2)ccc1N. The van der Waals surface area contributed by atoms with E-state index in [-0.39, 0.29) is 0 Å². The number of hydrogen-bond donors (Lipinski definition) is 2. The summed E-state index contributed by atoms with van der Waals surface area (Å²) in [7, 11) is 0. The number of piperidine rings is 1. The molecule has 2 heterocycles. The maximum Gasteiger partial charge on any atom is 0.239 e. The molecule has 2 rings (SSSR count). The molecule has 0 amide bonds. The van der Waals surface area contributed by atoms with Crippen molar-refractivity contribution >= 4 is 11.5 Å². The van der Waals surface area contributed by atoms with Crippen LogP contribution in [-0.4, -0.2) is 42.7 Å². The molecule has 0 atom stereocenters. The molecule has 3 N–H and O–H groups in total. The van der Waals surface area contributed by atoms with Gasteiger partial charge in [-0.3, -0.25) is 0 Å². The van der Waals surface area contributed by atoms with Crippen molar-refractivity contribution in [2.45, 2.75) is 33.1 Å². The highest BCUT2D eigenvalue weighted by atomic mass is 16.5. The highest BCUT2D eigenvalue weighted by Crippen LogP contribution is 2.21. The first kappa shape index (κ1) is 15.9. The Morgan fingerprint density at radius 2 is 2.05 bits per heavy atom. The van der Waals surface area contributed by atoms with Gasteiger partial charge in [-0.25, -0.2) is 0 Å². The number of ether oxygens (including phenoxy) is 1. The molecular weight excluding hydrogens is 264 g/mol. The van der Waals surface area contributed by atoms with E-state index in [0.29, 0.717) is 24.1 Å². The number of likely N-dealkylation sites (tertiary alicyclic amines) is 1. The molecule has 0 unspecified atom stereocenters. The van der Waals surface area contributed by atoms with E-state index in [0.717, 1.165) is 18.9 Å². The van der Waals surface area contributed by atoms with Crippen molar-refractivity contribution in [3.8, 4) is 5.88 Å². The molecular formula is C16H28N4O. The van der Waals surface area contributed by atoms with Crippen LogP contribution in [0.3, 0.4) is 0 Å². The van der Waals surface area contributed by atoms with Crippen molar-refractivity contribution in [3.05, 3.63) is 12.1 Å². The average molecular weight is 292 g/mol. The second-order valence-electron chi connectivity index (χ2n) is 6.12. The molecule has 1 saturated heterocycles. The quantitative estimate of drug-likeness (QED) is 0.809. The smallest absolute Gasteiger partial charge is 0.239 e. The zero-order valence-corrected chi connectivity index (χ0v) is 13.3. The van der Waals surface area contributed by atoms with Crippen LogP contribution in [0.5, 0.6) is 5.88 Å². The van der Waals surface area contributed by atoms with E-state index in [1.54, 1.807) is 0 Å². The van der Waals surface area contributed by atoms with Gasteiger partial charge in [-0.05, 0) is 44.0 Å². The molecule has 0 spiro atoms. The molecule has 0 radical (unpaired) electrons. The molecule has 0 aromatic carbocycles. The maximum absolute atomic E-state index is 5.90. The summed E-state index contributed by atoms with van der Waals surface area (Å²) < 4.78 is 5.65. The average Bonchev–Trinajstić information content (AvgIpc) is 2.48. The van der Waals surface area contributed by atoms with Crippen LogP contribution in [0.1, 0.15) is 33.1 Å².